The number of fused-ring (bicyclic) bond motifs is 1. The highest BCUT2D eigenvalue weighted by molar-refractivity contribution is 6.33. The molecule has 0 spiro atoms. The number of pyridine rings is 1. The van der Waals surface area contributed by atoms with Crippen molar-refractivity contribution >= 4 is 28.5 Å². The smallest absolute Gasteiger partial charge is 0.429 e. The number of nitrogens with one attached hydrogen (secondary N) is 1. The summed E-state index contributed by atoms with van der Waals surface area (Å²) in [6.45, 7) is 3.02. The van der Waals surface area contributed by atoms with Crippen LogP contribution in [0.1, 0.15) is 11.7 Å². The summed E-state index contributed by atoms with van der Waals surface area (Å²) in [6.07, 6.45) is -6.80. The van der Waals surface area contributed by atoms with Gasteiger partial charge in [-0.2, -0.15) is 18.2 Å². The number of rotatable bonds is 5. The first kappa shape index (κ1) is 22.5. The third kappa shape index (κ3) is 4.67. The van der Waals surface area contributed by atoms with Crippen molar-refractivity contribution in [2.45, 2.75) is 12.3 Å². The molecule has 0 radical (unpaired) electrons. The summed E-state index contributed by atoms with van der Waals surface area (Å²) in [5.74, 6) is 0. The molecule has 0 amide bonds. The summed E-state index contributed by atoms with van der Waals surface area (Å²) in [7, 11) is 0. The van der Waals surface area contributed by atoms with Crippen LogP contribution in [0.3, 0.4) is 0 Å². The average molecular weight is 489 g/mol. The van der Waals surface area contributed by atoms with Gasteiger partial charge in [-0.05, 0) is 18.2 Å². The quantitative estimate of drug-likeness (QED) is 0.385. The molecular weight excluding hydrogens is 469 g/mol. The van der Waals surface area contributed by atoms with Gasteiger partial charge in [0.2, 0.25) is 6.10 Å². The van der Waals surface area contributed by atoms with E-state index < -0.39 is 12.3 Å². The van der Waals surface area contributed by atoms with Gasteiger partial charge < -0.3 is 19.4 Å². The number of aromatic nitrogens is 3. The van der Waals surface area contributed by atoms with Gasteiger partial charge in [-0.1, -0.05) is 54.1 Å². The molecule has 5 rings (SSSR count). The molecule has 1 aliphatic heterocycles. The molecule has 2 aromatic heterocycles. The van der Waals surface area contributed by atoms with Gasteiger partial charge in [0.25, 0.3) is 6.01 Å². The Bertz CT molecular complexity index is 1270. The lowest BCUT2D eigenvalue weighted by molar-refractivity contribution is -0.199. The number of hydrogen-bond donors (Lipinski definition) is 1. The van der Waals surface area contributed by atoms with Gasteiger partial charge in [0.05, 0.1) is 29.4 Å². The van der Waals surface area contributed by atoms with Crippen molar-refractivity contribution in [3.8, 4) is 17.3 Å². The number of imidazole rings is 1. The third-order valence-corrected chi connectivity index (χ3v) is 5.84. The van der Waals surface area contributed by atoms with Gasteiger partial charge in [-0.3, -0.25) is 0 Å². The Morgan fingerprint density at radius 3 is 2.38 bits per heavy atom. The van der Waals surface area contributed by atoms with Crippen LogP contribution in [-0.2, 0) is 4.74 Å². The standard InChI is InChI=1S/C24H20ClF3N4O2/c25-18-14-19-22(30-20(18)15-6-8-17(9-7-15)32-10-12-33-13-11-32)31-23(29-19)34-21(24(26,27)28)16-4-2-1-3-5-16/h1-9,14,21H,10-13H2,(H,29,30,31). The zero-order valence-corrected chi connectivity index (χ0v) is 18.6. The predicted molar refractivity (Wildman–Crippen MR) is 123 cm³/mol. The highest BCUT2D eigenvalue weighted by Gasteiger charge is 2.43. The number of ether oxygens (including phenoxy) is 2. The van der Waals surface area contributed by atoms with Gasteiger partial charge in [-0.15, -0.1) is 0 Å². The van der Waals surface area contributed by atoms with Crippen LogP contribution in [0.25, 0.3) is 22.4 Å². The van der Waals surface area contributed by atoms with Crippen LogP contribution in [0, 0.1) is 0 Å². The van der Waals surface area contributed by atoms with E-state index in [-0.39, 0.29) is 17.2 Å². The molecule has 1 unspecified atom stereocenters. The molecule has 1 fully saturated rings. The molecule has 34 heavy (non-hydrogen) atoms. The topological polar surface area (TPSA) is 63.3 Å². The Labute approximate surface area is 198 Å². The molecule has 2 aromatic carbocycles. The van der Waals surface area contributed by atoms with E-state index in [0.29, 0.717) is 29.4 Å². The fourth-order valence-corrected chi connectivity index (χ4v) is 4.13. The molecular formula is C24H20ClF3N4O2. The monoisotopic (exact) mass is 488 g/mol. The van der Waals surface area contributed by atoms with Gasteiger partial charge in [0.15, 0.2) is 5.65 Å². The zero-order chi connectivity index (χ0) is 23.7. The first-order valence-corrected chi connectivity index (χ1v) is 11.0. The van der Waals surface area contributed by atoms with Crippen molar-refractivity contribution < 1.29 is 22.6 Å². The second-order valence-corrected chi connectivity index (χ2v) is 8.24. The van der Waals surface area contributed by atoms with Gasteiger partial charge in [-0.25, -0.2) is 4.98 Å². The normalized spacial score (nSPS) is 15.5. The van der Waals surface area contributed by atoms with Crippen LogP contribution in [0.5, 0.6) is 6.01 Å². The van der Waals surface area contributed by atoms with E-state index in [1.54, 1.807) is 12.1 Å². The summed E-state index contributed by atoms with van der Waals surface area (Å²) in [5.41, 5.74) is 2.88. The van der Waals surface area contributed by atoms with E-state index in [0.717, 1.165) is 24.3 Å². The second kappa shape index (κ2) is 9.15. The Morgan fingerprint density at radius 2 is 1.71 bits per heavy atom. The van der Waals surface area contributed by atoms with E-state index in [1.165, 1.54) is 24.3 Å². The summed E-state index contributed by atoms with van der Waals surface area (Å²) in [6, 6.07) is 16.5. The number of benzene rings is 2. The highest BCUT2D eigenvalue weighted by Crippen LogP contribution is 2.37. The Hall–Kier alpha value is -3.30. The van der Waals surface area contributed by atoms with E-state index >= 15 is 0 Å². The lowest BCUT2D eigenvalue weighted by Gasteiger charge is -2.28. The van der Waals surface area contributed by atoms with Crippen LogP contribution in [0.2, 0.25) is 5.02 Å². The minimum Gasteiger partial charge on any atom is -0.447 e. The fraction of sp³-hybridized carbons (Fsp3) is 0.250. The van der Waals surface area contributed by atoms with Crippen molar-refractivity contribution in [3.05, 3.63) is 71.2 Å². The lowest BCUT2D eigenvalue weighted by atomic mass is 10.1. The van der Waals surface area contributed by atoms with Crippen molar-refractivity contribution in [3.63, 3.8) is 0 Å². The van der Waals surface area contributed by atoms with Gasteiger partial charge in [0.1, 0.15) is 0 Å². The van der Waals surface area contributed by atoms with Crippen molar-refractivity contribution in [1.29, 1.82) is 0 Å². The molecule has 0 aliphatic carbocycles. The summed E-state index contributed by atoms with van der Waals surface area (Å²) >= 11 is 6.45. The number of hydrogen-bond acceptors (Lipinski definition) is 5. The van der Waals surface area contributed by atoms with Gasteiger partial charge >= 0.3 is 6.18 Å². The predicted octanol–water partition coefficient (Wildman–Crippen LogP) is 5.80. The molecule has 4 aromatic rings. The van der Waals surface area contributed by atoms with Crippen LogP contribution in [-0.4, -0.2) is 47.4 Å². The third-order valence-electron chi connectivity index (χ3n) is 5.55. The minimum absolute atomic E-state index is 0.0255. The molecule has 3 heterocycles. The molecule has 0 saturated carbocycles. The van der Waals surface area contributed by atoms with E-state index in [9.17, 15) is 13.2 Å². The maximum absolute atomic E-state index is 13.6. The molecule has 0 bridgehead atoms. The fourth-order valence-electron chi connectivity index (χ4n) is 3.87. The Balaban J connectivity index is 1.42. The lowest BCUT2D eigenvalue weighted by Crippen LogP contribution is -2.36. The Kier molecular flexibility index (Phi) is 6.05. The Morgan fingerprint density at radius 1 is 1.00 bits per heavy atom. The molecule has 10 heteroatoms. The van der Waals surface area contributed by atoms with E-state index in [4.69, 9.17) is 21.1 Å². The first-order chi connectivity index (χ1) is 16.4. The molecule has 1 aliphatic rings. The summed E-state index contributed by atoms with van der Waals surface area (Å²) in [4.78, 5) is 13.6. The van der Waals surface area contributed by atoms with Gasteiger partial charge in [0, 0.05) is 29.9 Å². The van der Waals surface area contributed by atoms with Crippen LogP contribution >= 0.6 is 11.6 Å². The number of halogens is 4. The van der Waals surface area contributed by atoms with Crippen molar-refractivity contribution in [2.75, 3.05) is 31.2 Å². The van der Waals surface area contributed by atoms with Crippen molar-refractivity contribution in [2.24, 2.45) is 0 Å². The minimum atomic E-state index is -4.63. The van der Waals surface area contributed by atoms with Crippen LogP contribution in [0.4, 0.5) is 18.9 Å². The summed E-state index contributed by atoms with van der Waals surface area (Å²) in [5, 5.41) is 0.345. The first-order valence-electron chi connectivity index (χ1n) is 10.7. The van der Waals surface area contributed by atoms with Crippen LogP contribution < -0.4 is 9.64 Å². The molecule has 1 N–H and O–H groups in total. The molecule has 6 nitrogen and oxygen atoms in total. The second-order valence-electron chi connectivity index (χ2n) is 7.83. The summed E-state index contributed by atoms with van der Waals surface area (Å²) < 4.78 is 51.6. The zero-order valence-electron chi connectivity index (χ0n) is 17.8. The number of alkyl halides is 3. The number of morpholine rings is 1. The highest BCUT2D eigenvalue weighted by atomic mass is 35.5. The molecule has 176 valence electrons. The number of anilines is 1. The number of aromatic amines is 1. The number of nitrogens with zero attached hydrogens (tertiary/aromatic N) is 3. The molecule has 1 atom stereocenters. The SMILES string of the molecule is FC(F)(F)C(Oc1nc2nc(-c3ccc(N4CCOCC4)cc3)c(Cl)cc2[nH]1)c1ccccc1. The number of H-pyrrole nitrogens is 1. The maximum atomic E-state index is 13.6. The van der Waals surface area contributed by atoms with E-state index in [1.807, 2.05) is 24.3 Å². The van der Waals surface area contributed by atoms with Crippen LogP contribution in [0.15, 0.2) is 60.7 Å². The largest absolute Gasteiger partial charge is 0.447 e. The van der Waals surface area contributed by atoms with E-state index in [2.05, 4.69) is 19.9 Å². The van der Waals surface area contributed by atoms with Crippen molar-refractivity contribution in [1.82, 2.24) is 15.0 Å². The maximum Gasteiger partial charge on any atom is 0.429 e. The molecule has 1 saturated heterocycles. The average Bonchev–Trinajstić information content (AvgIpc) is 3.24.